The molecule has 18 heavy (non-hydrogen) atoms. The van der Waals surface area contributed by atoms with Crippen LogP contribution in [-0.2, 0) is 6.42 Å². The Labute approximate surface area is 120 Å². The van der Waals surface area contributed by atoms with Crippen molar-refractivity contribution in [1.29, 1.82) is 0 Å². The average molecular weight is 284 g/mol. The third-order valence-corrected chi connectivity index (χ3v) is 5.15. The second-order valence-electron chi connectivity index (χ2n) is 4.98. The summed E-state index contributed by atoms with van der Waals surface area (Å²) in [6.07, 6.45) is 3.60. The zero-order chi connectivity index (χ0) is 12.8. The minimum Gasteiger partial charge on any atom is -0.313 e. The standard InChI is InChI=1S/C15H22ClNS/c1-2-8-17-15(13-7-9-18-11-13)10-12-5-3-4-6-14(12)16/h3-6,13,15,17H,2,7-11H2,1H3. The molecule has 1 fully saturated rings. The van der Waals surface area contributed by atoms with Gasteiger partial charge in [-0.2, -0.15) is 11.8 Å². The van der Waals surface area contributed by atoms with Crippen LogP contribution in [0, 0.1) is 5.92 Å². The third-order valence-electron chi connectivity index (χ3n) is 3.59. The fraction of sp³-hybridized carbons (Fsp3) is 0.600. The third kappa shape index (κ3) is 3.91. The van der Waals surface area contributed by atoms with Gasteiger partial charge in [0, 0.05) is 11.1 Å². The quantitative estimate of drug-likeness (QED) is 0.847. The van der Waals surface area contributed by atoms with E-state index in [0.717, 1.165) is 23.9 Å². The molecule has 0 spiro atoms. The molecule has 100 valence electrons. The minimum absolute atomic E-state index is 0.583. The summed E-state index contributed by atoms with van der Waals surface area (Å²) in [7, 11) is 0. The molecule has 1 saturated heterocycles. The number of hydrogen-bond acceptors (Lipinski definition) is 2. The topological polar surface area (TPSA) is 12.0 Å². The van der Waals surface area contributed by atoms with Gasteiger partial charge in [0.2, 0.25) is 0 Å². The van der Waals surface area contributed by atoms with Crippen LogP contribution >= 0.6 is 23.4 Å². The van der Waals surface area contributed by atoms with Gasteiger partial charge >= 0.3 is 0 Å². The highest BCUT2D eigenvalue weighted by Gasteiger charge is 2.25. The molecule has 1 N–H and O–H groups in total. The van der Waals surface area contributed by atoms with Crippen LogP contribution in [0.25, 0.3) is 0 Å². The first kappa shape index (κ1) is 14.2. The lowest BCUT2D eigenvalue weighted by molar-refractivity contribution is 0.380. The van der Waals surface area contributed by atoms with Gasteiger partial charge < -0.3 is 5.32 Å². The van der Waals surface area contributed by atoms with Gasteiger partial charge in [-0.3, -0.25) is 0 Å². The molecule has 1 aliphatic rings. The molecule has 3 heteroatoms. The first-order valence-electron chi connectivity index (χ1n) is 6.85. The SMILES string of the molecule is CCCNC(Cc1ccccc1Cl)C1CCSC1. The zero-order valence-electron chi connectivity index (χ0n) is 11.0. The Hall–Kier alpha value is -0.180. The monoisotopic (exact) mass is 283 g/mol. The molecule has 1 heterocycles. The van der Waals surface area contributed by atoms with E-state index < -0.39 is 0 Å². The normalized spacial score (nSPS) is 21.1. The number of halogens is 1. The lowest BCUT2D eigenvalue weighted by Crippen LogP contribution is -2.38. The Morgan fingerprint density at radius 3 is 2.94 bits per heavy atom. The number of hydrogen-bond donors (Lipinski definition) is 1. The van der Waals surface area contributed by atoms with Crippen molar-refractivity contribution in [3.63, 3.8) is 0 Å². The second kappa shape index (κ2) is 7.42. The smallest absolute Gasteiger partial charge is 0.0438 e. The highest BCUT2D eigenvalue weighted by molar-refractivity contribution is 7.99. The van der Waals surface area contributed by atoms with Crippen molar-refractivity contribution < 1.29 is 0 Å². The van der Waals surface area contributed by atoms with Crippen LogP contribution in [0.2, 0.25) is 5.02 Å². The summed E-state index contributed by atoms with van der Waals surface area (Å²) in [5.74, 6) is 3.42. The first-order chi connectivity index (χ1) is 8.81. The number of benzene rings is 1. The number of nitrogens with one attached hydrogen (secondary N) is 1. The summed E-state index contributed by atoms with van der Waals surface area (Å²) in [4.78, 5) is 0. The van der Waals surface area contributed by atoms with Gasteiger partial charge in [-0.1, -0.05) is 36.7 Å². The Balaban J connectivity index is 2.02. The Morgan fingerprint density at radius 1 is 1.44 bits per heavy atom. The highest BCUT2D eigenvalue weighted by Crippen LogP contribution is 2.29. The van der Waals surface area contributed by atoms with Gasteiger partial charge in [-0.05, 0) is 54.9 Å². The Bertz CT molecular complexity index is 363. The van der Waals surface area contributed by atoms with Crippen molar-refractivity contribution in [2.75, 3.05) is 18.1 Å². The fourth-order valence-electron chi connectivity index (χ4n) is 2.51. The van der Waals surface area contributed by atoms with Crippen LogP contribution in [0.1, 0.15) is 25.3 Å². The van der Waals surface area contributed by atoms with Crippen LogP contribution in [0.15, 0.2) is 24.3 Å². The van der Waals surface area contributed by atoms with E-state index in [1.807, 2.05) is 12.1 Å². The molecule has 0 saturated carbocycles. The molecule has 2 atom stereocenters. The highest BCUT2D eigenvalue weighted by atomic mass is 35.5. The number of thioether (sulfide) groups is 1. The maximum Gasteiger partial charge on any atom is 0.0438 e. The van der Waals surface area contributed by atoms with Crippen LogP contribution in [-0.4, -0.2) is 24.1 Å². The van der Waals surface area contributed by atoms with Crippen LogP contribution in [0.5, 0.6) is 0 Å². The lowest BCUT2D eigenvalue weighted by atomic mass is 9.93. The predicted molar refractivity (Wildman–Crippen MR) is 82.7 cm³/mol. The maximum absolute atomic E-state index is 6.28. The van der Waals surface area contributed by atoms with Crippen molar-refractivity contribution in [3.05, 3.63) is 34.9 Å². The van der Waals surface area contributed by atoms with Gasteiger partial charge in [-0.25, -0.2) is 0 Å². The van der Waals surface area contributed by atoms with Gasteiger partial charge in [0.25, 0.3) is 0 Å². The summed E-state index contributed by atoms with van der Waals surface area (Å²) in [6, 6.07) is 8.83. The van der Waals surface area contributed by atoms with Crippen molar-refractivity contribution in [2.24, 2.45) is 5.92 Å². The van der Waals surface area contributed by atoms with Crippen molar-refractivity contribution in [3.8, 4) is 0 Å². The molecule has 0 bridgehead atoms. The second-order valence-corrected chi connectivity index (χ2v) is 6.54. The van der Waals surface area contributed by atoms with Crippen molar-refractivity contribution >= 4 is 23.4 Å². The summed E-state index contributed by atoms with van der Waals surface area (Å²) in [5, 5.41) is 4.62. The average Bonchev–Trinajstić information content (AvgIpc) is 2.90. The Morgan fingerprint density at radius 2 is 2.28 bits per heavy atom. The van der Waals surface area contributed by atoms with Crippen molar-refractivity contribution in [2.45, 2.75) is 32.2 Å². The van der Waals surface area contributed by atoms with E-state index in [-0.39, 0.29) is 0 Å². The molecule has 1 aromatic rings. The van der Waals surface area contributed by atoms with E-state index in [0.29, 0.717) is 6.04 Å². The fourth-order valence-corrected chi connectivity index (χ4v) is 4.06. The number of rotatable bonds is 6. The lowest BCUT2D eigenvalue weighted by Gasteiger charge is -2.24. The first-order valence-corrected chi connectivity index (χ1v) is 8.39. The largest absolute Gasteiger partial charge is 0.313 e. The molecular formula is C15H22ClNS. The molecule has 0 amide bonds. The van der Waals surface area contributed by atoms with E-state index in [4.69, 9.17) is 11.6 Å². The maximum atomic E-state index is 6.28. The summed E-state index contributed by atoms with van der Waals surface area (Å²) < 4.78 is 0. The van der Waals surface area contributed by atoms with Crippen LogP contribution < -0.4 is 5.32 Å². The van der Waals surface area contributed by atoms with Gasteiger partial charge in [-0.15, -0.1) is 0 Å². The van der Waals surface area contributed by atoms with Gasteiger partial charge in [0.15, 0.2) is 0 Å². The van der Waals surface area contributed by atoms with E-state index >= 15 is 0 Å². The molecular weight excluding hydrogens is 262 g/mol. The molecule has 1 aliphatic heterocycles. The van der Waals surface area contributed by atoms with Gasteiger partial charge in [0.1, 0.15) is 0 Å². The summed E-state index contributed by atoms with van der Waals surface area (Å²) in [5.41, 5.74) is 1.28. The van der Waals surface area contributed by atoms with Crippen LogP contribution in [0.3, 0.4) is 0 Å². The van der Waals surface area contributed by atoms with Crippen molar-refractivity contribution in [1.82, 2.24) is 5.32 Å². The van der Waals surface area contributed by atoms with E-state index in [9.17, 15) is 0 Å². The molecule has 0 radical (unpaired) electrons. The van der Waals surface area contributed by atoms with Crippen LogP contribution in [0.4, 0.5) is 0 Å². The molecule has 0 aromatic heterocycles. The summed E-state index contributed by atoms with van der Waals surface area (Å²) in [6.45, 7) is 3.33. The van der Waals surface area contributed by atoms with E-state index in [1.165, 1.54) is 29.9 Å². The summed E-state index contributed by atoms with van der Waals surface area (Å²) >= 11 is 8.36. The molecule has 2 unspecified atom stereocenters. The predicted octanol–water partition coefficient (Wildman–Crippen LogP) is 4.00. The van der Waals surface area contributed by atoms with Gasteiger partial charge in [0.05, 0.1) is 0 Å². The molecule has 1 nitrogen and oxygen atoms in total. The zero-order valence-corrected chi connectivity index (χ0v) is 12.6. The van der Waals surface area contributed by atoms with E-state index in [1.54, 1.807) is 0 Å². The molecule has 2 rings (SSSR count). The minimum atomic E-state index is 0.583. The molecule has 1 aromatic carbocycles. The van der Waals surface area contributed by atoms with E-state index in [2.05, 4.69) is 36.1 Å². The Kier molecular flexibility index (Phi) is 5.87. The molecule has 0 aliphatic carbocycles.